The molecule has 1 aliphatic heterocycles. The van der Waals surface area contributed by atoms with Crippen molar-refractivity contribution in [3.8, 4) is 6.07 Å². The molecule has 1 aliphatic rings. The molecule has 0 aliphatic carbocycles. The standard InChI is InChI=1S/C17H20B2N6O5/c1-7(2)10(21)15(28)30-17(18,19)13-11(26)12(27)16(5-20,29-13)9-4-3-8-14(22)23-6-24-25(8)9/h3-4,6-7,10-13,26-27H,21H2,1-2H3,(H2,22,23,24)/t10-,11-,12+,13?,16-/m0/s1. The number of nitrogens with zero attached hydrogens (tertiary/aromatic N) is 4. The maximum atomic E-state index is 12.2. The van der Waals surface area contributed by atoms with Crippen LogP contribution in [0, 0.1) is 17.2 Å². The number of aliphatic hydroxyl groups is 2. The fourth-order valence-corrected chi connectivity index (χ4v) is 3.27. The topological polar surface area (TPSA) is 182 Å². The molecule has 0 saturated carbocycles. The SMILES string of the molecule is [B]C([B])(OC(=O)[C@@H](N)C(C)C)C1O[C@@](C#N)(c2ccc3c(N)ncnn23)[C@H](O)[C@@H]1O. The first-order chi connectivity index (χ1) is 14.0. The number of aliphatic hydroxyl groups excluding tert-OH is 2. The first kappa shape index (κ1) is 22.0. The van der Waals surface area contributed by atoms with Crippen molar-refractivity contribution >= 4 is 33.0 Å². The predicted molar refractivity (Wildman–Crippen MR) is 105 cm³/mol. The Morgan fingerprint density at radius 1 is 1.47 bits per heavy atom. The van der Waals surface area contributed by atoms with Gasteiger partial charge in [0.15, 0.2) is 5.82 Å². The number of carbonyl (C=O) groups is 1. The van der Waals surface area contributed by atoms with Crippen LogP contribution in [0.15, 0.2) is 18.5 Å². The van der Waals surface area contributed by atoms with Crippen molar-refractivity contribution in [2.24, 2.45) is 11.7 Å². The summed E-state index contributed by atoms with van der Waals surface area (Å²) in [6, 6.07) is 3.75. The van der Waals surface area contributed by atoms with E-state index in [-0.39, 0.29) is 17.4 Å². The van der Waals surface area contributed by atoms with Gasteiger partial charge in [0.1, 0.15) is 58.0 Å². The van der Waals surface area contributed by atoms with E-state index in [1.54, 1.807) is 13.8 Å². The van der Waals surface area contributed by atoms with E-state index < -0.39 is 41.3 Å². The first-order valence-corrected chi connectivity index (χ1v) is 9.06. The van der Waals surface area contributed by atoms with Gasteiger partial charge in [0, 0.05) is 0 Å². The van der Waals surface area contributed by atoms with Crippen LogP contribution >= 0.6 is 0 Å². The average molecular weight is 410 g/mol. The van der Waals surface area contributed by atoms with Gasteiger partial charge in [0.2, 0.25) is 5.60 Å². The fraction of sp³-hybridized carbons (Fsp3) is 0.529. The molecule has 30 heavy (non-hydrogen) atoms. The third-order valence-electron chi connectivity index (χ3n) is 5.10. The summed E-state index contributed by atoms with van der Waals surface area (Å²) in [5.41, 5.74) is 9.79. The van der Waals surface area contributed by atoms with Crippen LogP contribution in [-0.4, -0.2) is 76.2 Å². The van der Waals surface area contributed by atoms with Gasteiger partial charge in [-0.05, 0) is 18.1 Å². The molecule has 1 saturated heterocycles. The molecule has 0 amide bonds. The summed E-state index contributed by atoms with van der Waals surface area (Å²) in [6.45, 7) is 3.38. The molecule has 5 atom stereocenters. The summed E-state index contributed by atoms with van der Waals surface area (Å²) < 4.78 is 12.0. The molecule has 0 aromatic carbocycles. The van der Waals surface area contributed by atoms with Crippen molar-refractivity contribution in [3.05, 3.63) is 24.2 Å². The highest BCUT2D eigenvalue weighted by atomic mass is 16.6. The van der Waals surface area contributed by atoms with E-state index in [0.29, 0.717) is 5.52 Å². The van der Waals surface area contributed by atoms with Crippen molar-refractivity contribution < 1.29 is 24.5 Å². The highest BCUT2D eigenvalue weighted by Gasteiger charge is 2.61. The van der Waals surface area contributed by atoms with Gasteiger partial charge in [-0.2, -0.15) is 10.4 Å². The molecule has 4 radical (unpaired) electrons. The Labute approximate surface area is 174 Å². The quantitative estimate of drug-likeness (QED) is 0.308. The Balaban J connectivity index is 1.99. The number of fused-ring (bicyclic) bond motifs is 1. The van der Waals surface area contributed by atoms with E-state index >= 15 is 0 Å². The van der Waals surface area contributed by atoms with E-state index in [9.17, 15) is 20.3 Å². The molecule has 13 heteroatoms. The number of carbonyl (C=O) groups excluding carboxylic acids is 1. The number of hydrogen-bond donors (Lipinski definition) is 4. The van der Waals surface area contributed by atoms with Gasteiger partial charge >= 0.3 is 5.97 Å². The highest BCUT2D eigenvalue weighted by Crippen LogP contribution is 2.43. The number of hydrogen-bond acceptors (Lipinski definition) is 10. The molecule has 3 rings (SSSR count). The maximum Gasteiger partial charge on any atom is 0.322 e. The molecule has 0 spiro atoms. The zero-order valence-corrected chi connectivity index (χ0v) is 16.3. The summed E-state index contributed by atoms with van der Waals surface area (Å²) in [4.78, 5) is 16.1. The van der Waals surface area contributed by atoms with Gasteiger partial charge < -0.3 is 31.2 Å². The van der Waals surface area contributed by atoms with E-state index in [0.717, 1.165) is 6.33 Å². The van der Waals surface area contributed by atoms with Crippen molar-refractivity contribution in [1.82, 2.24) is 14.6 Å². The summed E-state index contributed by atoms with van der Waals surface area (Å²) in [5.74, 6) is -1.08. The zero-order chi connectivity index (χ0) is 22.4. The molecular formula is C17H20B2N6O5. The third kappa shape index (κ3) is 3.31. The summed E-state index contributed by atoms with van der Waals surface area (Å²) in [7, 11) is 11.8. The number of rotatable bonds is 5. The first-order valence-electron chi connectivity index (χ1n) is 9.06. The number of aromatic nitrogens is 3. The van der Waals surface area contributed by atoms with Crippen LogP contribution in [0.3, 0.4) is 0 Å². The third-order valence-corrected chi connectivity index (χ3v) is 5.10. The minimum atomic E-state index is -2.40. The van der Waals surface area contributed by atoms with Gasteiger partial charge in [-0.3, -0.25) is 4.79 Å². The van der Waals surface area contributed by atoms with Crippen LogP contribution in [0.5, 0.6) is 0 Å². The lowest BCUT2D eigenvalue weighted by molar-refractivity contribution is -0.162. The van der Waals surface area contributed by atoms with Gasteiger partial charge in [-0.15, -0.1) is 0 Å². The molecule has 2 aromatic rings. The summed E-state index contributed by atoms with van der Waals surface area (Å²) in [6.07, 6.45) is -4.12. The van der Waals surface area contributed by atoms with Crippen molar-refractivity contribution in [1.29, 1.82) is 5.26 Å². The molecule has 1 fully saturated rings. The summed E-state index contributed by atoms with van der Waals surface area (Å²) >= 11 is 0. The van der Waals surface area contributed by atoms with Gasteiger partial charge in [0.05, 0.1) is 11.1 Å². The van der Waals surface area contributed by atoms with Gasteiger partial charge in [0.25, 0.3) is 0 Å². The highest BCUT2D eigenvalue weighted by molar-refractivity contribution is 6.40. The van der Waals surface area contributed by atoms with Crippen LogP contribution in [-0.2, 0) is 19.9 Å². The Hall–Kier alpha value is -2.65. The molecule has 0 bridgehead atoms. The lowest BCUT2D eigenvalue weighted by atomic mass is 9.60. The number of nitriles is 1. The Morgan fingerprint density at radius 3 is 2.73 bits per heavy atom. The smallest absolute Gasteiger partial charge is 0.322 e. The maximum absolute atomic E-state index is 12.2. The second-order valence-electron chi connectivity index (χ2n) is 7.53. The van der Waals surface area contributed by atoms with Crippen LogP contribution < -0.4 is 11.5 Å². The van der Waals surface area contributed by atoms with Crippen molar-refractivity contribution in [2.45, 2.75) is 49.2 Å². The normalized spacial score (nSPS) is 27.8. The van der Waals surface area contributed by atoms with Gasteiger partial charge in [-0.1, -0.05) is 13.8 Å². The lowest BCUT2D eigenvalue weighted by Crippen LogP contribution is -2.55. The molecule has 1 unspecified atom stereocenters. The minimum Gasteiger partial charge on any atom is -0.476 e. The number of anilines is 1. The Kier molecular flexibility index (Phi) is 5.55. The lowest BCUT2D eigenvalue weighted by Gasteiger charge is -2.35. The number of esters is 1. The van der Waals surface area contributed by atoms with Crippen molar-refractivity contribution in [3.63, 3.8) is 0 Å². The van der Waals surface area contributed by atoms with Gasteiger partial charge in [-0.25, -0.2) is 9.50 Å². The van der Waals surface area contributed by atoms with Crippen LogP contribution in [0.1, 0.15) is 19.5 Å². The van der Waals surface area contributed by atoms with E-state index in [1.807, 2.05) is 6.07 Å². The zero-order valence-electron chi connectivity index (χ0n) is 16.3. The monoisotopic (exact) mass is 410 g/mol. The van der Waals surface area contributed by atoms with E-state index in [1.165, 1.54) is 16.6 Å². The predicted octanol–water partition coefficient (Wildman–Crippen LogP) is -2.33. The van der Waals surface area contributed by atoms with Crippen LogP contribution in [0.4, 0.5) is 5.82 Å². The Morgan fingerprint density at radius 2 is 2.13 bits per heavy atom. The largest absolute Gasteiger partial charge is 0.476 e. The van der Waals surface area contributed by atoms with Crippen LogP contribution in [0.2, 0.25) is 0 Å². The molecule has 6 N–H and O–H groups in total. The van der Waals surface area contributed by atoms with E-state index in [2.05, 4.69) is 10.1 Å². The number of nitrogens with two attached hydrogens (primary N) is 2. The van der Waals surface area contributed by atoms with E-state index in [4.69, 9.17) is 36.6 Å². The second-order valence-corrected chi connectivity index (χ2v) is 7.53. The number of ether oxygens (including phenoxy) is 2. The fourth-order valence-electron chi connectivity index (χ4n) is 3.27. The minimum absolute atomic E-state index is 0.0455. The molecule has 11 nitrogen and oxygen atoms in total. The summed E-state index contributed by atoms with van der Waals surface area (Å²) in [5, 5.41) is 32.8. The number of nitrogen functional groups attached to an aromatic ring is 1. The average Bonchev–Trinajstić information content (AvgIpc) is 3.23. The van der Waals surface area contributed by atoms with Crippen molar-refractivity contribution in [2.75, 3.05) is 5.73 Å². The van der Waals surface area contributed by atoms with Crippen LogP contribution in [0.25, 0.3) is 5.52 Å². The Bertz CT molecular complexity index is 1010. The molecule has 154 valence electrons. The molecule has 3 heterocycles. The molecular weight excluding hydrogens is 390 g/mol. The second kappa shape index (κ2) is 7.55. The molecule has 2 aromatic heterocycles.